The van der Waals surface area contributed by atoms with E-state index in [4.69, 9.17) is 5.73 Å². The Labute approximate surface area is 107 Å². The smallest absolute Gasteiger partial charge is 0.382 e. The monoisotopic (exact) mass is 284 g/mol. The van der Waals surface area contributed by atoms with Gasteiger partial charge in [-0.1, -0.05) is 0 Å². The molecule has 0 fully saturated rings. The van der Waals surface area contributed by atoms with Gasteiger partial charge in [-0.25, -0.2) is 0 Å². The molecular formula is C6H4N8O6. The summed E-state index contributed by atoms with van der Waals surface area (Å²) in [7, 11) is 0. The van der Waals surface area contributed by atoms with Crippen LogP contribution >= 0.6 is 0 Å². The lowest BCUT2D eigenvalue weighted by Gasteiger charge is -2.05. The lowest BCUT2D eigenvalue weighted by molar-refractivity contribution is -0.986. The highest BCUT2D eigenvalue weighted by atomic mass is 16.7. The SMILES string of the molecule is Nc1cnnc2cc(C([N+](=O)[O-])([N+](=O)[O-])[N+](=O)[O-])nn12. The molecule has 0 saturated carbocycles. The molecule has 0 aliphatic heterocycles. The van der Waals surface area contributed by atoms with Gasteiger partial charge in [0.2, 0.25) is 0 Å². The van der Waals surface area contributed by atoms with Gasteiger partial charge in [-0.3, -0.25) is 30.3 Å². The first kappa shape index (κ1) is 13.0. The third-order valence-electron chi connectivity index (χ3n) is 2.39. The van der Waals surface area contributed by atoms with Gasteiger partial charge in [0.1, 0.15) is 5.82 Å². The normalized spacial score (nSPS) is 11.4. The predicted octanol–water partition coefficient (Wildman–Crippen LogP) is -1.35. The fourth-order valence-electron chi connectivity index (χ4n) is 1.48. The van der Waals surface area contributed by atoms with E-state index >= 15 is 0 Å². The molecule has 2 heterocycles. The molecule has 0 bridgehead atoms. The molecule has 0 spiro atoms. The number of fused-ring (bicyclic) bond motifs is 1. The molecular weight excluding hydrogens is 280 g/mol. The Morgan fingerprint density at radius 2 is 1.70 bits per heavy atom. The van der Waals surface area contributed by atoms with Crippen LogP contribution in [0.2, 0.25) is 0 Å². The molecule has 0 aliphatic carbocycles. The number of nitro groups is 3. The molecule has 0 aromatic carbocycles. The molecule has 0 atom stereocenters. The molecule has 104 valence electrons. The van der Waals surface area contributed by atoms with E-state index in [2.05, 4.69) is 15.3 Å². The van der Waals surface area contributed by atoms with E-state index in [9.17, 15) is 30.3 Å². The van der Waals surface area contributed by atoms with Crippen LogP contribution in [0, 0.1) is 30.3 Å². The number of nitrogen functional groups attached to an aromatic ring is 1. The van der Waals surface area contributed by atoms with E-state index in [0.717, 1.165) is 10.7 Å². The van der Waals surface area contributed by atoms with E-state index in [0.29, 0.717) is 6.07 Å². The van der Waals surface area contributed by atoms with E-state index in [1.807, 2.05) is 0 Å². The third-order valence-corrected chi connectivity index (χ3v) is 2.39. The Hall–Kier alpha value is -3.45. The molecule has 20 heavy (non-hydrogen) atoms. The van der Waals surface area contributed by atoms with Crippen molar-refractivity contribution in [2.24, 2.45) is 0 Å². The maximum Gasteiger partial charge on any atom is 0.747 e. The molecule has 2 aromatic heterocycles. The zero-order valence-corrected chi connectivity index (χ0v) is 9.31. The van der Waals surface area contributed by atoms with Crippen molar-refractivity contribution in [3.8, 4) is 0 Å². The second kappa shape index (κ2) is 4.04. The summed E-state index contributed by atoms with van der Waals surface area (Å²) >= 11 is 0. The van der Waals surface area contributed by atoms with Crippen LogP contribution < -0.4 is 5.73 Å². The van der Waals surface area contributed by atoms with Crippen LogP contribution in [0.5, 0.6) is 0 Å². The van der Waals surface area contributed by atoms with Crippen LogP contribution in [-0.4, -0.2) is 34.6 Å². The summed E-state index contributed by atoms with van der Waals surface area (Å²) in [6, 6.07) is 0.706. The van der Waals surface area contributed by atoms with Gasteiger partial charge in [-0.2, -0.15) is 9.61 Å². The number of rotatable bonds is 4. The summed E-state index contributed by atoms with van der Waals surface area (Å²) in [5.74, 6) is -3.98. The van der Waals surface area contributed by atoms with E-state index in [-0.39, 0.29) is 11.5 Å². The Balaban J connectivity index is 2.82. The van der Waals surface area contributed by atoms with Gasteiger partial charge in [0, 0.05) is 6.07 Å². The summed E-state index contributed by atoms with van der Waals surface area (Å²) < 4.78 is 0.771. The Morgan fingerprint density at radius 3 is 2.15 bits per heavy atom. The van der Waals surface area contributed by atoms with Crippen molar-refractivity contribution in [3.05, 3.63) is 48.3 Å². The largest absolute Gasteiger partial charge is 0.747 e. The van der Waals surface area contributed by atoms with Crippen molar-refractivity contribution >= 4 is 11.5 Å². The van der Waals surface area contributed by atoms with Crippen LogP contribution in [0.4, 0.5) is 5.82 Å². The zero-order valence-electron chi connectivity index (χ0n) is 9.31. The first-order chi connectivity index (χ1) is 9.31. The van der Waals surface area contributed by atoms with Gasteiger partial charge in [-0.15, -0.1) is 10.2 Å². The van der Waals surface area contributed by atoms with Crippen molar-refractivity contribution in [2.75, 3.05) is 5.73 Å². The highest BCUT2D eigenvalue weighted by Crippen LogP contribution is 2.26. The highest BCUT2D eigenvalue weighted by Gasteiger charge is 2.74. The average molecular weight is 284 g/mol. The van der Waals surface area contributed by atoms with Crippen LogP contribution in [0.3, 0.4) is 0 Å². The quantitative estimate of drug-likeness (QED) is 0.397. The van der Waals surface area contributed by atoms with Crippen molar-refractivity contribution in [1.82, 2.24) is 19.8 Å². The maximum atomic E-state index is 10.9. The van der Waals surface area contributed by atoms with Gasteiger partial charge in [-0.05, 0) is 0 Å². The fraction of sp³-hybridized carbons (Fsp3) is 0.167. The fourth-order valence-corrected chi connectivity index (χ4v) is 1.48. The topological polar surface area (TPSA) is 199 Å². The first-order valence-corrected chi connectivity index (χ1v) is 4.72. The standard InChI is InChI=1S/C6H4N8O6/c7-4-2-8-9-5-1-3(10-11(4)5)6(12(15)16,13(17)18)14(19)20/h1-2H,7H2. The number of hydrogen-bond acceptors (Lipinski definition) is 10. The molecule has 0 amide bonds. The maximum absolute atomic E-state index is 10.9. The first-order valence-electron chi connectivity index (χ1n) is 4.72. The predicted molar refractivity (Wildman–Crippen MR) is 57.9 cm³/mol. The van der Waals surface area contributed by atoms with Crippen LogP contribution in [-0.2, 0) is 5.79 Å². The number of nitrogens with two attached hydrogens (primary N) is 1. The zero-order chi connectivity index (χ0) is 15.1. The molecule has 14 heteroatoms. The molecule has 0 radical (unpaired) electrons. The second-order valence-electron chi connectivity index (χ2n) is 3.48. The van der Waals surface area contributed by atoms with Crippen LogP contribution in [0.1, 0.15) is 5.69 Å². The Bertz CT molecular complexity index is 702. The lowest BCUT2D eigenvalue weighted by atomic mass is 10.2. The lowest BCUT2D eigenvalue weighted by Crippen LogP contribution is -2.50. The van der Waals surface area contributed by atoms with Crippen molar-refractivity contribution in [1.29, 1.82) is 0 Å². The number of anilines is 1. The minimum Gasteiger partial charge on any atom is -0.382 e. The number of aromatic nitrogens is 4. The molecule has 0 aliphatic rings. The summed E-state index contributed by atoms with van der Waals surface area (Å²) in [5.41, 5.74) is 4.19. The molecule has 0 saturated heterocycles. The van der Waals surface area contributed by atoms with Gasteiger partial charge >= 0.3 is 11.5 Å². The van der Waals surface area contributed by atoms with E-state index in [1.165, 1.54) is 0 Å². The van der Waals surface area contributed by atoms with Gasteiger partial charge in [0.15, 0.2) is 20.4 Å². The summed E-state index contributed by atoms with van der Waals surface area (Å²) in [5, 5.41) is 42.9. The van der Waals surface area contributed by atoms with Crippen LogP contribution in [0.15, 0.2) is 12.3 Å². The molecule has 0 unspecified atom stereocenters. The van der Waals surface area contributed by atoms with E-state index < -0.39 is 26.3 Å². The van der Waals surface area contributed by atoms with E-state index in [1.54, 1.807) is 0 Å². The molecule has 2 rings (SSSR count). The van der Waals surface area contributed by atoms with Crippen molar-refractivity contribution in [3.63, 3.8) is 0 Å². The molecule has 14 nitrogen and oxygen atoms in total. The number of nitrogens with zero attached hydrogens (tertiary/aromatic N) is 7. The average Bonchev–Trinajstić information content (AvgIpc) is 2.73. The Kier molecular flexibility index (Phi) is 2.62. The third kappa shape index (κ3) is 1.48. The number of hydrogen-bond donors (Lipinski definition) is 1. The van der Waals surface area contributed by atoms with Gasteiger partial charge in [0.05, 0.1) is 6.20 Å². The summed E-state index contributed by atoms with van der Waals surface area (Å²) in [6.45, 7) is 0. The minimum absolute atomic E-state index is 0.148. The summed E-state index contributed by atoms with van der Waals surface area (Å²) in [4.78, 5) is 27.7. The van der Waals surface area contributed by atoms with Gasteiger partial charge < -0.3 is 5.73 Å². The van der Waals surface area contributed by atoms with Crippen molar-refractivity contribution in [2.45, 2.75) is 5.79 Å². The van der Waals surface area contributed by atoms with Crippen LogP contribution in [0.25, 0.3) is 5.65 Å². The minimum atomic E-state index is -3.83. The molecule has 2 N–H and O–H groups in total. The Morgan fingerprint density at radius 1 is 1.15 bits per heavy atom. The second-order valence-corrected chi connectivity index (χ2v) is 3.48. The van der Waals surface area contributed by atoms with Gasteiger partial charge in [0.25, 0.3) is 0 Å². The molecule has 2 aromatic rings. The van der Waals surface area contributed by atoms with Crippen molar-refractivity contribution < 1.29 is 14.8 Å². The summed E-state index contributed by atoms with van der Waals surface area (Å²) in [6.07, 6.45) is 1.02. The highest BCUT2D eigenvalue weighted by molar-refractivity contribution is 5.44.